The highest BCUT2D eigenvalue weighted by molar-refractivity contribution is 5.64. The number of nitrogens with zero attached hydrogens (tertiary/aromatic N) is 9. The predicted octanol–water partition coefficient (Wildman–Crippen LogP) is 1.07. The highest BCUT2D eigenvalue weighted by Crippen LogP contribution is 2.20. The van der Waals surface area contributed by atoms with E-state index in [-0.39, 0.29) is 0 Å². The molecular weight excluding hydrogens is 330 g/mol. The number of aromatic nitrogens is 6. The zero-order valence-electron chi connectivity index (χ0n) is 14.6. The summed E-state index contributed by atoms with van der Waals surface area (Å²) in [4.78, 5) is 17.5. The lowest BCUT2D eigenvalue weighted by molar-refractivity contribution is 0.780. The fraction of sp³-hybridized carbons (Fsp3) is 0.412. The SMILES string of the molecule is CCc1nnc2c(N3CCCN(c4nccc(C#N)n4)CC3)nccn12. The minimum atomic E-state index is 0.387. The van der Waals surface area contributed by atoms with Crippen LogP contribution in [0.1, 0.15) is 24.9 Å². The lowest BCUT2D eigenvalue weighted by Crippen LogP contribution is -2.32. The lowest BCUT2D eigenvalue weighted by atomic mass is 10.3. The highest BCUT2D eigenvalue weighted by Gasteiger charge is 2.21. The molecule has 1 saturated heterocycles. The summed E-state index contributed by atoms with van der Waals surface area (Å²) in [7, 11) is 0. The standard InChI is InChI=1S/C17H19N9/c1-2-14-22-23-16-15(19-6-9-26(14)16)24-7-3-8-25(11-10-24)17-20-5-4-13(12-18)21-17/h4-6,9H,2-3,7-8,10-11H2,1H3. The van der Waals surface area contributed by atoms with E-state index >= 15 is 0 Å². The molecule has 4 heterocycles. The molecule has 9 nitrogen and oxygen atoms in total. The first kappa shape index (κ1) is 16.2. The molecule has 0 aliphatic carbocycles. The molecule has 3 aromatic rings. The van der Waals surface area contributed by atoms with Gasteiger partial charge in [0.25, 0.3) is 0 Å². The molecule has 0 aromatic carbocycles. The number of anilines is 2. The molecule has 1 aliphatic rings. The van der Waals surface area contributed by atoms with E-state index in [9.17, 15) is 0 Å². The Bertz CT molecular complexity index is 958. The highest BCUT2D eigenvalue weighted by atomic mass is 15.3. The van der Waals surface area contributed by atoms with E-state index in [4.69, 9.17) is 5.26 Å². The molecule has 1 aliphatic heterocycles. The monoisotopic (exact) mass is 349 g/mol. The van der Waals surface area contributed by atoms with Gasteiger partial charge >= 0.3 is 0 Å². The summed E-state index contributed by atoms with van der Waals surface area (Å²) in [5, 5.41) is 17.6. The van der Waals surface area contributed by atoms with E-state index in [0.717, 1.165) is 56.3 Å². The summed E-state index contributed by atoms with van der Waals surface area (Å²) in [5.74, 6) is 2.39. The Labute approximate surface area is 150 Å². The number of aryl methyl sites for hydroxylation is 1. The zero-order chi connectivity index (χ0) is 17.9. The second-order valence-electron chi connectivity index (χ2n) is 6.10. The molecule has 132 valence electrons. The average molecular weight is 349 g/mol. The van der Waals surface area contributed by atoms with Crippen LogP contribution in [0.2, 0.25) is 0 Å². The lowest BCUT2D eigenvalue weighted by Gasteiger charge is -2.22. The second kappa shape index (κ2) is 6.92. The molecule has 0 N–H and O–H groups in total. The van der Waals surface area contributed by atoms with Gasteiger partial charge in [-0.1, -0.05) is 6.92 Å². The van der Waals surface area contributed by atoms with Crippen molar-refractivity contribution in [2.75, 3.05) is 36.0 Å². The maximum atomic E-state index is 9.04. The third kappa shape index (κ3) is 2.90. The second-order valence-corrected chi connectivity index (χ2v) is 6.10. The van der Waals surface area contributed by atoms with Gasteiger partial charge < -0.3 is 9.80 Å². The van der Waals surface area contributed by atoms with Crippen molar-refractivity contribution in [2.45, 2.75) is 19.8 Å². The molecule has 0 spiro atoms. The maximum absolute atomic E-state index is 9.04. The molecule has 1 fully saturated rings. The fourth-order valence-electron chi connectivity index (χ4n) is 3.22. The Hall–Kier alpha value is -3.28. The molecule has 9 heteroatoms. The van der Waals surface area contributed by atoms with Gasteiger partial charge in [-0.2, -0.15) is 5.26 Å². The Morgan fingerprint density at radius 1 is 1.08 bits per heavy atom. The summed E-state index contributed by atoms with van der Waals surface area (Å²) in [6.07, 6.45) is 7.10. The smallest absolute Gasteiger partial charge is 0.226 e. The van der Waals surface area contributed by atoms with Crippen LogP contribution in [0.4, 0.5) is 11.8 Å². The van der Waals surface area contributed by atoms with Gasteiger partial charge in [-0.15, -0.1) is 10.2 Å². The number of fused-ring (bicyclic) bond motifs is 1. The van der Waals surface area contributed by atoms with Gasteiger partial charge in [-0.05, 0) is 12.5 Å². The van der Waals surface area contributed by atoms with Gasteiger partial charge in [0.05, 0.1) is 0 Å². The van der Waals surface area contributed by atoms with Crippen LogP contribution in [0, 0.1) is 11.3 Å². The van der Waals surface area contributed by atoms with Crippen LogP contribution in [0.5, 0.6) is 0 Å². The molecule has 0 unspecified atom stereocenters. The van der Waals surface area contributed by atoms with Crippen molar-refractivity contribution < 1.29 is 0 Å². The van der Waals surface area contributed by atoms with Crippen molar-refractivity contribution in [1.29, 1.82) is 5.26 Å². The van der Waals surface area contributed by atoms with Gasteiger partial charge in [0, 0.05) is 51.2 Å². The van der Waals surface area contributed by atoms with Crippen molar-refractivity contribution in [1.82, 2.24) is 29.5 Å². The Balaban J connectivity index is 1.58. The van der Waals surface area contributed by atoms with E-state index in [1.807, 2.05) is 10.6 Å². The molecule has 0 radical (unpaired) electrons. The molecule has 0 amide bonds. The van der Waals surface area contributed by atoms with Crippen molar-refractivity contribution in [3.05, 3.63) is 36.2 Å². The van der Waals surface area contributed by atoms with Crippen molar-refractivity contribution >= 4 is 17.4 Å². The van der Waals surface area contributed by atoms with Crippen LogP contribution >= 0.6 is 0 Å². The van der Waals surface area contributed by atoms with Crippen LogP contribution in [0.3, 0.4) is 0 Å². The molecule has 26 heavy (non-hydrogen) atoms. The van der Waals surface area contributed by atoms with Gasteiger partial charge in [0.2, 0.25) is 11.6 Å². The summed E-state index contributed by atoms with van der Waals surface area (Å²) < 4.78 is 2.00. The Morgan fingerprint density at radius 2 is 1.92 bits per heavy atom. The van der Waals surface area contributed by atoms with Crippen LogP contribution in [-0.4, -0.2) is 55.7 Å². The molecular formula is C17H19N9. The van der Waals surface area contributed by atoms with E-state index in [2.05, 4.69) is 47.9 Å². The zero-order valence-corrected chi connectivity index (χ0v) is 14.6. The van der Waals surface area contributed by atoms with Crippen LogP contribution in [0.15, 0.2) is 24.7 Å². The first-order valence-electron chi connectivity index (χ1n) is 8.72. The predicted molar refractivity (Wildman–Crippen MR) is 96.0 cm³/mol. The quantitative estimate of drug-likeness (QED) is 0.692. The third-order valence-corrected chi connectivity index (χ3v) is 4.53. The summed E-state index contributed by atoms with van der Waals surface area (Å²) >= 11 is 0. The first-order chi connectivity index (χ1) is 12.8. The third-order valence-electron chi connectivity index (χ3n) is 4.53. The molecule has 0 bridgehead atoms. The largest absolute Gasteiger partial charge is 0.352 e. The van der Waals surface area contributed by atoms with Gasteiger partial charge in [0.15, 0.2) is 5.82 Å². The van der Waals surface area contributed by atoms with E-state index in [0.29, 0.717) is 11.6 Å². The minimum Gasteiger partial charge on any atom is -0.352 e. The fourth-order valence-corrected chi connectivity index (χ4v) is 3.22. The summed E-state index contributed by atoms with van der Waals surface area (Å²) in [6.45, 7) is 5.31. The molecule has 0 atom stereocenters. The minimum absolute atomic E-state index is 0.387. The topological polar surface area (TPSA) is 99.1 Å². The molecule has 3 aromatic heterocycles. The maximum Gasteiger partial charge on any atom is 0.226 e. The number of nitriles is 1. The van der Waals surface area contributed by atoms with Crippen LogP contribution < -0.4 is 9.80 Å². The summed E-state index contributed by atoms with van der Waals surface area (Å²) in [5.41, 5.74) is 1.18. The molecule has 4 rings (SSSR count). The van der Waals surface area contributed by atoms with Crippen molar-refractivity contribution in [3.8, 4) is 6.07 Å². The van der Waals surface area contributed by atoms with Crippen LogP contribution in [0.25, 0.3) is 5.65 Å². The van der Waals surface area contributed by atoms with E-state index in [1.165, 1.54) is 0 Å². The van der Waals surface area contributed by atoms with E-state index < -0.39 is 0 Å². The van der Waals surface area contributed by atoms with Gasteiger partial charge in [0.1, 0.15) is 17.6 Å². The van der Waals surface area contributed by atoms with Gasteiger partial charge in [-0.25, -0.2) is 15.0 Å². The molecule has 0 saturated carbocycles. The Morgan fingerprint density at radius 3 is 2.77 bits per heavy atom. The first-order valence-corrected chi connectivity index (χ1v) is 8.72. The number of rotatable bonds is 3. The average Bonchev–Trinajstić information content (AvgIpc) is 2.96. The number of hydrogen-bond donors (Lipinski definition) is 0. The normalized spacial score (nSPS) is 15.1. The van der Waals surface area contributed by atoms with Gasteiger partial charge in [-0.3, -0.25) is 4.40 Å². The Kier molecular flexibility index (Phi) is 4.31. The van der Waals surface area contributed by atoms with Crippen molar-refractivity contribution in [2.24, 2.45) is 0 Å². The number of hydrogen-bond acceptors (Lipinski definition) is 8. The van der Waals surface area contributed by atoms with E-state index in [1.54, 1.807) is 18.5 Å². The summed E-state index contributed by atoms with van der Waals surface area (Å²) in [6, 6.07) is 3.69. The van der Waals surface area contributed by atoms with Crippen LogP contribution in [-0.2, 0) is 6.42 Å². The van der Waals surface area contributed by atoms with Crippen molar-refractivity contribution in [3.63, 3.8) is 0 Å².